The zero-order chi connectivity index (χ0) is 27.7. The maximum atomic E-state index is 13.4. The van der Waals surface area contributed by atoms with E-state index >= 15 is 0 Å². The molecule has 0 saturated carbocycles. The van der Waals surface area contributed by atoms with Crippen molar-refractivity contribution in [3.8, 4) is 0 Å². The third-order valence-electron chi connectivity index (χ3n) is 7.74. The molecule has 4 aromatic rings. The third-order valence-corrected chi connectivity index (χ3v) is 10.6. The fourth-order valence-electron chi connectivity index (χ4n) is 5.46. The molecular formula is C30H33N5O3S2. The van der Waals surface area contributed by atoms with E-state index < -0.39 is 10.0 Å². The second-order valence-electron chi connectivity index (χ2n) is 10.3. The van der Waals surface area contributed by atoms with Crippen LogP contribution in [0.4, 0.5) is 10.8 Å². The Morgan fingerprint density at radius 1 is 0.950 bits per heavy atom. The van der Waals surface area contributed by atoms with E-state index in [9.17, 15) is 13.2 Å². The summed E-state index contributed by atoms with van der Waals surface area (Å²) < 4.78 is 29.4. The molecule has 0 radical (unpaired) electrons. The molecule has 6 rings (SSSR count). The first kappa shape index (κ1) is 26.7. The zero-order valence-corrected chi connectivity index (χ0v) is 24.2. The molecule has 0 aliphatic carbocycles. The number of anilines is 2. The van der Waals surface area contributed by atoms with Crippen molar-refractivity contribution in [3.05, 3.63) is 83.4 Å². The summed E-state index contributed by atoms with van der Waals surface area (Å²) in [5.74, 6) is -0.198. The predicted molar refractivity (Wildman–Crippen MR) is 161 cm³/mol. The standard InChI is InChI=1S/C30H33N5O3S2/c1-22-6-4-10-27-28(22)32-30(39-27)34-20-18-33(19-21-34)17-15-31-29(36)24-11-13-25(14-12-24)40(37,38)35-16-5-8-23-7-2-3-9-26(23)35/h2-4,6-7,9-14H,5,8,15-21H2,1H3,(H,31,36). The first-order valence-electron chi connectivity index (χ1n) is 13.7. The van der Waals surface area contributed by atoms with E-state index in [1.54, 1.807) is 23.5 Å². The number of para-hydroxylation sites is 2. The molecule has 0 bridgehead atoms. The van der Waals surface area contributed by atoms with Gasteiger partial charge in [0.2, 0.25) is 0 Å². The van der Waals surface area contributed by atoms with Gasteiger partial charge in [0, 0.05) is 51.4 Å². The summed E-state index contributed by atoms with van der Waals surface area (Å²) in [5, 5.41) is 4.06. The van der Waals surface area contributed by atoms with Gasteiger partial charge < -0.3 is 10.2 Å². The number of carbonyl (C=O) groups is 1. The maximum absolute atomic E-state index is 13.4. The molecule has 8 nitrogen and oxygen atoms in total. The molecule has 40 heavy (non-hydrogen) atoms. The molecule has 0 atom stereocenters. The van der Waals surface area contributed by atoms with Gasteiger partial charge in [-0.15, -0.1) is 0 Å². The second kappa shape index (κ2) is 11.2. The van der Waals surface area contributed by atoms with Crippen molar-refractivity contribution in [3.63, 3.8) is 0 Å². The number of thiazole rings is 1. The molecule has 1 aromatic heterocycles. The Balaban J connectivity index is 1.00. The Bertz CT molecular complexity index is 1630. The average molecular weight is 576 g/mol. The summed E-state index contributed by atoms with van der Waals surface area (Å²) in [5.41, 5.74) is 4.54. The van der Waals surface area contributed by atoms with E-state index in [4.69, 9.17) is 4.98 Å². The molecule has 1 N–H and O–H groups in total. The van der Waals surface area contributed by atoms with Crippen LogP contribution in [0.3, 0.4) is 0 Å². The fourth-order valence-corrected chi connectivity index (χ4v) is 8.09. The highest BCUT2D eigenvalue weighted by Gasteiger charge is 2.29. The van der Waals surface area contributed by atoms with Crippen LogP contribution in [0.1, 0.15) is 27.9 Å². The van der Waals surface area contributed by atoms with Gasteiger partial charge in [-0.1, -0.05) is 41.7 Å². The van der Waals surface area contributed by atoms with Gasteiger partial charge in [0.05, 0.1) is 20.8 Å². The van der Waals surface area contributed by atoms with Crippen molar-refractivity contribution in [1.82, 2.24) is 15.2 Å². The summed E-state index contributed by atoms with van der Waals surface area (Å²) in [6.45, 7) is 7.49. The topological polar surface area (TPSA) is 85.8 Å². The van der Waals surface area contributed by atoms with Gasteiger partial charge in [0.1, 0.15) is 0 Å². The largest absolute Gasteiger partial charge is 0.351 e. The van der Waals surface area contributed by atoms with Crippen molar-refractivity contribution < 1.29 is 13.2 Å². The molecule has 3 aromatic carbocycles. The number of carbonyl (C=O) groups excluding carboxylic acids is 1. The summed E-state index contributed by atoms with van der Waals surface area (Å²) in [4.78, 5) is 22.5. The Morgan fingerprint density at radius 3 is 2.50 bits per heavy atom. The summed E-state index contributed by atoms with van der Waals surface area (Å²) >= 11 is 1.74. The lowest BCUT2D eigenvalue weighted by Crippen LogP contribution is -2.48. The minimum Gasteiger partial charge on any atom is -0.351 e. The van der Waals surface area contributed by atoms with Crippen molar-refractivity contribution >= 4 is 48.3 Å². The van der Waals surface area contributed by atoms with Gasteiger partial charge in [-0.2, -0.15) is 0 Å². The van der Waals surface area contributed by atoms with Gasteiger partial charge in [0.15, 0.2) is 5.13 Å². The maximum Gasteiger partial charge on any atom is 0.264 e. The minimum atomic E-state index is -3.70. The number of amides is 1. The number of hydrogen-bond donors (Lipinski definition) is 1. The molecule has 0 spiro atoms. The predicted octanol–water partition coefficient (Wildman–Crippen LogP) is 4.30. The highest BCUT2D eigenvalue weighted by atomic mass is 32.2. The molecule has 208 valence electrons. The van der Waals surface area contributed by atoms with Crippen LogP contribution in [0.25, 0.3) is 10.2 Å². The van der Waals surface area contributed by atoms with Crippen LogP contribution >= 0.6 is 11.3 Å². The van der Waals surface area contributed by atoms with Crippen molar-refractivity contribution in [2.45, 2.75) is 24.7 Å². The van der Waals surface area contributed by atoms with Crippen LogP contribution in [0, 0.1) is 6.92 Å². The number of nitrogens with one attached hydrogen (secondary N) is 1. The van der Waals surface area contributed by atoms with Crippen LogP contribution in [0.5, 0.6) is 0 Å². The highest BCUT2D eigenvalue weighted by Crippen LogP contribution is 2.32. The first-order chi connectivity index (χ1) is 19.4. The number of piperazine rings is 1. The molecule has 2 aliphatic rings. The number of aryl methyl sites for hydroxylation is 2. The Labute approximate surface area is 239 Å². The molecule has 3 heterocycles. The quantitative estimate of drug-likeness (QED) is 0.354. The van der Waals surface area contributed by atoms with E-state index in [0.29, 0.717) is 18.7 Å². The van der Waals surface area contributed by atoms with Gasteiger partial charge >= 0.3 is 0 Å². The van der Waals surface area contributed by atoms with E-state index in [-0.39, 0.29) is 10.8 Å². The normalized spacial score (nSPS) is 16.2. The highest BCUT2D eigenvalue weighted by molar-refractivity contribution is 7.92. The second-order valence-corrected chi connectivity index (χ2v) is 13.2. The Hall–Kier alpha value is -3.47. The number of aromatic nitrogens is 1. The van der Waals surface area contributed by atoms with E-state index in [1.165, 1.54) is 26.7 Å². The lowest BCUT2D eigenvalue weighted by Gasteiger charge is -2.34. The van der Waals surface area contributed by atoms with E-state index in [0.717, 1.165) is 67.5 Å². The Morgan fingerprint density at radius 2 is 1.73 bits per heavy atom. The number of rotatable bonds is 7. The molecule has 1 saturated heterocycles. The third kappa shape index (κ3) is 5.31. The van der Waals surface area contributed by atoms with E-state index in [1.807, 2.05) is 24.3 Å². The van der Waals surface area contributed by atoms with Gasteiger partial charge in [-0.05, 0) is 67.3 Å². The lowest BCUT2D eigenvalue weighted by atomic mass is 10.0. The van der Waals surface area contributed by atoms with Crippen molar-refractivity contribution in [2.75, 3.05) is 55.0 Å². The number of fused-ring (bicyclic) bond motifs is 2. The van der Waals surface area contributed by atoms with Gasteiger partial charge in [0.25, 0.3) is 15.9 Å². The van der Waals surface area contributed by atoms with Crippen molar-refractivity contribution in [2.24, 2.45) is 0 Å². The minimum absolute atomic E-state index is 0.196. The smallest absolute Gasteiger partial charge is 0.264 e. The lowest BCUT2D eigenvalue weighted by molar-refractivity contribution is 0.0947. The summed E-state index contributed by atoms with van der Waals surface area (Å²) in [6, 6.07) is 20.2. The molecule has 10 heteroatoms. The van der Waals surface area contributed by atoms with Crippen molar-refractivity contribution in [1.29, 1.82) is 0 Å². The zero-order valence-electron chi connectivity index (χ0n) is 22.5. The monoisotopic (exact) mass is 575 g/mol. The van der Waals surface area contributed by atoms with E-state index in [2.05, 4.69) is 40.2 Å². The molecule has 1 fully saturated rings. The van der Waals surface area contributed by atoms with Gasteiger partial charge in [-0.3, -0.25) is 14.0 Å². The van der Waals surface area contributed by atoms with Gasteiger partial charge in [-0.25, -0.2) is 13.4 Å². The Kier molecular flexibility index (Phi) is 7.48. The first-order valence-corrected chi connectivity index (χ1v) is 16.0. The number of nitrogens with zero attached hydrogens (tertiary/aromatic N) is 4. The fraction of sp³-hybridized carbons (Fsp3) is 0.333. The van der Waals surface area contributed by atoms with Crippen LogP contribution in [-0.4, -0.2) is 70.0 Å². The SMILES string of the molecule is Cc1cccc2sc(N3CCN(CCNC(=O)c4ccc(S(=O)(=O)N5CCCc6ccccc65)cc4)CC3)nc12. The van der Waals surface area contributed by atoms with Crippen LogP contribution in [0.2, 0.25) is 0 Å². The molecular weight excluding hydrogens is 542 g/mol. The molecule has 1 amide bonds. The number of benzene rings is 3. The summed E-state index contributed by atoms with van der Waals surface area (Å²) in [7, 11) is -3.70. The number of hydrogen-bond acceptors (Lipinski definition) is 7. The summed E-state index contributed by atoms with van der Waals surface area (Å²) in [6.07, 6.45) is 1.66. The van der Waals surface area contributed by atoms with Crippen LogP contribution < -0.4 is 14.5 Å². The molecule has 2 aliphatic heterocycles. The molecule has 0 unspecified atom stereocenters. The van der Waals surface area contributed by atoms with Crippen LogP contribution in [0.15, 0.2) is 71.6 Å². The van der Waals surface area contributed by atoms with Crippen LogP contribution in [-0.2, 0) is 16.4 Å². The number of sulfonamides is 1. The average Bonchev–Trinajstić information content (AvgIpc) is 3.43.